The second-order valence-electron chi connectivity index (χ2n) is 4.16. The van der Waals surface area contributed by atoms with E-state index in [-0.39, 0.29) is 0 Å². The van der Waals surface area contributed by atoms with Crippen molar-refractivity contribution in [1.29, 1.82) is 0 Å². The van der Waals surface area contributed by atoms with Crippen LogP contribution in [0.2, 0.25) is 0 Å². The van der Waals surface area contributed by atoms with Crippen molar-refractivity contribution in [3.05, 3.63) is 12.5 Å². The number of aromatic nitrogens is 4. The lowest BCUT2D eigenvalue weighted by Crippen LogP contribution is -2.26. The van der Waals surface area contributed by atoms with E-state index in [1.807, 2.05) is 25.0 Å². The molecular formula is C11H15N5S. The van der Waals surface area contributed by atoms with Gasteiger partial charge in [-0.1, -0.05) is 0 Å². The van der Waals surface area contributed by atoms with Gasteiger partial charge in [0.2, 0.25) is 0 Å². The Hall–Kier alpha value is -1.30. The predicted molar refractivity (Wildman–Crippen MR) is 70.5 cm³/mol. The molecule has 0 spiro atoms. The van der Waals surface area contributed by atoms with E-state index in [4.69, 9.17) is 0 Å². The quantitative estimate of drug-likeness (QED) is 0.762. The van der Waals surface area contributed by atoms with Crippen LogP contribution in [0.5, 0.6) is 0 Å². The Morgan fingerprint density at radius 2 is 2.18 bits per heavy atom. The Kier molecular flexibility index (Phi) is 2.88. The minimum atomic E-state index is 0.909. The zero-order valence-corrected chi connectivity index (χ0v) is 10.7. The van der Waals surface area contributed by atoms with E-state index in [9.17, 15) is 0 Å². The van der Waals surface area contributed by atoms with Gasteiger partial charge in [0.15, 0.2) is 5.65 Å². The Morgan fingerprint density at radius 1 is 1.24 bits per heavy atom. The largest absolute Gasteiger partial charge is 0.355 e. The van der Waals surface area contributed by atoms with Gasteiger partial charge in [-0.15, -0.1) is 0 Å². The van der Waals surface area contributed by atoms with Crippen molar-refractivity contribution in [2.75, 3.05) is 29.5 Å². The van der Waals surface area contributed by atoms with E-state index < -0.39 is 0 Å². The van der Waals surface area contributed by atoms with Crippen molar-refractivity contribution in [3.63, 3.8) is 0 Å². The molecule has 2 aromatic rings. The second-order valence-corrected chi connectivity index (χ2v) is 5.38. The SMILES string of the molecule is Cn1ncc2c(N3CCCSCC3)ncnc21. The van der Waals surface area contributed by atoms with E-state index in [0.29, 0.717) is 0 Å². The van der Waals surface area contributed by atoms with Crippen LogP contribution in [-0.4, -0.2) is 44.3 Å². The van der Waals surface area contributed by atoms with Crippen molar-refractivity contribution in [2.45, 2.75) is 6.42 Å². The van der Waals surface area contributed by atoms with E-state index in [1.165, 1.54) is 17.9 Å². The molecule has 2 aromatic heterocycles. The van der Waals surface area contributed by atoms with Crippen molar-refractivity contribution in [2.24, 2.45) is 7.05 Å². The molecule has 0 bridgehead atoms. The third-order valence-electron chi connectivity index (χ3n) is 3.03. The molecule has 1 saturated heterocycles. The highest BCUT2D eigenvalue weighted by molar-refractivity contribution is 7.99. The van der Waals surface area contributed by atoms with Crippen LogP contribution in [0, 0.1) is 0 Å². The second kappa shape index (κ2) is 4.52. The van der Waals surface area contributed by atoms with Gasteiger partial charge in [0, 0.05) is 25.9 Å². The number of hydrogen-bond acceptors (Lipinski definition) is 5. The van der Waals surface area contributed by atoms with E-state index >= 15 is 0 Å². The Morgan fingerprint density at radius 3 is 3.12 bits per heavy atom. The molecule has 6 heteroatoms. The molecule has 1 aliphatic heterocycles. The Balaban J connectivity index is 2.03. The zero-order valence-electron chi connectivity index (χ0n) is 9.83. The summed E-state index contributed by atoms with van der Waals surface area (Å²) in [7, 11) is 1.91. The molecule has 5 nitrogen and oxygen atoms in total. The van der Waals surface area contributed by atoms with Gasteiger partial charge in [0.05, 0.1) is 11.6 Å². The van der Waals surface area contributed by atoms with Gasteiger partial charge < -0.3 is 4.90 Å². The van der Waals surface area contributed by atoms with Crippen LogP contribution < -0.4 is 4.90 Å². The molecule has 0 atom stereocenters. The maximum absolute atomic E-state index is 4.44. The fourth-order valence-corrected chi connectivity index (χ4v) is 3.05. The lowest BCUT2D eigenvalue weighted by molar-refractivity contribution is 0.783. The summed E-state index contributed by atoms with van der Waals surface area (Å²) in [6.45, 7) is 2.14. The van der Waals surface area contributed by atoms with Crippen molar-refractivity contribution < 1.29 is 0 Å². The summed E-state index contributed by atoms with van der Waals surface area (Å²) in [5.74, 6) is 3.45. The summed E-state index contributed by atoms with van der Waals surface area (Å²) in [6, 6.07) is 0. The van der Waals surface area contributed by atoms with Crippen LogP contribution in [0.1, 0.15) is 6.42 Å². The molecule has 0 N–H and O–H groups in total. The molecule has 90 valence electrons. The smallest absolute Gasteiger partial charge is 0.163 e. The summed E-state index contributed by atoms with van der Waals surface area (Å²) in [6.07, 6.45) is 4.72. The highest BCUT2D eigenvalue weighted by Gasteiger charge is 2.16. The van der Waals surface area contributed by atoms with Crippen LogP contribution in [0.25, 0.3) is 11.0 Å². The molecule has 0 aliphatic carbocycles. The summed E-state index contributed by atoms with van der Waals surface area (Å²) in [4.78, 5) is 11.1. The first-order valence-corrected chi connectivity index (χ1v) is 6.97. The van der Waals surface area contributed by atoms with Gasteiger partial charge in [-0.25, -0.2) is 9.97 Å². The van der Waals surface area contributed by atoms with E-state index in [1.54, 1.807) is 11.0 Å². The fourth-order valence-electron chi connectivity index (χ4n) is 2.16. The maximum Gasteiger partial charge on any atom is 0.163 e. The number of anilines is 1. The average molecular weight is 249 g/mol. The van der Waals surface area contributed by atoms with Gasteiger partial charge in [-0.2, -0.15) is 16.9 Å². The molecule has 0 radical (unpaired) electrons. The Labute approximate surface area is 104 Å². The molecule has 0 aromatic carbocycles. The van der Waals surface area contributed by atoms with Gasteiger partial charge >= 0.3 is 0 Å². The average Bonchev–Trinajstić information content (AvgIpc) is 2.59. The van der Waals surface area contributed by atoms with E-state index in [2.05, 4.69) is 20.0 Å². The minimum Gasteiger partial charge on any atom is -0.355 e. The van der Waals surface area contributed by atoms with Gasteiger partial charge in [0.1, 0.15) is 12.1 Å². The van der Waals surface area contributed by atoms with Crippen molar-refractivity contribution in [1.82, 2.24) is 19.7 Å². The van der Waals surface area contributed by atoms with Crippen LogP contribution in [0.3, 0.4) is 0 Å². The molecule has 3 rings (SSSR count). The standard InChI is InChI=1S/C11H15N5S/c1-15-10-9(7-14-15)11(13-8-12-10)16-3-2-5-17-6-4-16/h7-8H,2-6H2,1H3. The monoisotopic (exact) mass is 249 g/mol. The first-order valence-electron chi connectivity index (χ1n) is 5.81. The molecule has 3 heterocycles. The molecule has 0 saturated carbocycles. The number of hydrogen-bond donors (Lipinski definition) is 0. The lowest BCUT2D eigenvalue weighted by atomic mass is 10.3. The van der Waals surface area contributed by atoms with Crippen LogP contribution >= 0.6 is 11.8 Å². The first kappa shape index (κ1) is 10.8. The summed E-state index contributed by atoms with van der Waals surface area (Å²) in [5.41, 5.74) is 0.909. The predicted octanol–water partition coefficient (Wildman–Crippen LogP) is 1.31. The molecular weight excluding hydrogens is 234 g/mol. The van der Waals surface area contributed by atoms with Gasteiger partial charge in [0.25, 0.3) is 0 Å². The van der Waals surface area contributed by atoms with Crippen LogP contribution in [0.4, 0.5) is 5.82 Å². The third-order valence-corrected chi connectivity index (χ3v) is 4.08. The number of thioether (sulfide) groups is 1. The molecule has 17 heavy (non-hydrogen) atoms. The van der Waals surface area contributed by atoms with E-state index in [0.717, 1.165) is 29.9 Å². The number of rotatable bonds is 1. The highest BCUT2D eigenvalue weighted by Crippen LogP contribution is 2.24. The summed E-state index contributed by atoms with van der Waals surface area (Å²) >= 11 is 2.02. The first-order chi connectivity index (χ1) is 8.36. The lowest BCUT2D eigenvalue weighted by Gasteiger charge is -2.21. The number of fused-ring (bicyclic) bond motifs is 1. The molecule has 0 amide bonds. The van der Waals surface area contributed by atoms with Crippen LogP contribution in [0.15, 0.2) is 12.5 Å². The number of aryl methyl sites for hydroxylation is 1. The van der Waals surface area contributed by atoms with Gasteiger partial charge in [-0.05, 0) is 12.2 Å². The highest BCUT2D eigenvalue weighted by atomic mass is 32.2. The minimum absolute atomic E-state index is 0.909. The van der Waals surface area contributed by atoms with Gasteiger partial charge in [-0.3, -0.25) is 4.68 Å². The zero-order chi connectivity index (χ0) is 11.7. The topological polar surface area (TPSA) is 46.8 Å². The van der Waals surface area contributed by atoms with Crippen LogP contribution in [-0.2, 0) is 7.05 Å². The van der Waals surface area contributed by atoms with Crippen molar-refractivity contribution >= 4 is 28.6 Å². The van der Waals surface area contributed by atoms with Crippen molar-refractivity contribution in [3.8, 4) is 0 Å². The molecule has 1 fully saturated rings. The maximum atomic E-state index is 4.44. The number of nitrogens with zero attached hydrogens (tertiary/aromatic N) is 5. The Bertz CT molecular complexity index is 516. The molecule has 1 aliphatic rings. The fraction of sp³-hybridized carbons (Fsp3) is 0.545. The normalized spacial score (nSPS) is 17.4. The summed E-state index contributed by atoms with van der Waals surface area (Å²) in [5, 5.41) is 5.31. The molecule has 0 unspecified atom stereocenters. The third kappa shape index (κ3) is 1.97. The summed E-state index contributed by atoms with van der Waals surface area (Å²) < 4.78 is 1.80.